The number of hydrogen-bond donors (Lipinski definition) is 7. The Hall–Kier alpha value is 0.100. The summed E-state index contributed by atoms with van der Waals surface area (Å²) in [5.74, 6) is 0. The first-order valence-electron chi connectivity index (χ1n) is 7.56. The fourth-order valence-corrected chi connectivity index (χ4v) is 3.22. The number of phosphoric acid groups is 2. The van der Waals surface area contributed by atoms with Gasteiger partial charge in [-0.2, -0.15) is 4.31 Å². The van der Waals surface area contributed by atoms with Crippen LogP contribution >= 0.6 is 15.6 Å². The summed E-state index contributed by atoms with van der Waals surface area (Å²) in [6.07, 6.45) is -0.435. The molecule has 0 saturated heterocycles. The lowest BCUT2D eigenvalue weighted by Crippen LogP contribution is -2.54. The molecule has 0 radical (unpaired) electrons. The maximum atomic E-state index is 9.63. The van der Waals surface area contributed by atoms with Crippen molar-refractivity contribution >= 4 is 15.6 Å². The van der Waals surface area contributed by atoms with Crippen molar-refractivity contribution in [2.45, 2.75) is 53.2 Å². The second-order valence-electron chi connectivity index (χ2n) is 7.88. The lowest BCUT2D eigenvalue weighted by molar-refractivity contribution is -0.196. The highest BCUT2D eigenvalue weighted by molar-refractivity contribution is 7.60. The van der Waals surface area contributed by atoms with Crippen LogP contribution in [0.15, 0.2) is 0 Å². The molecule has 0 bridgehead atoms. The molecule has 0 aliphatic carbocycles. The number of aliphatic hydroxyl groups excluding tert-OH is 3. The van der Waals surface area contributed by atoms with Crippen LogP contribution in [0.3, 0.4) is 0 Å². The molecule has 1 unspecified atom stereocenters. The molecule has 0 aromatic heterocycles. The highest BCUT2D eigenvalue weighted by Crippen LogP contribution is 2.53. The predicted octanol–water partition coefficient (Wildman–Crippen LogP) is 0.368. The minimum atomic E-state index is -5.05. The van der Waals surface area contributed by atoms with Gasteiger partial charge in [0.1, 0.15) is 0 Å². The number of hydrogen-bond acceptors (Lipinski definition) is 7. The lowest BCUT2D eigenvalue weighted by Gasteiger charge is -2.46. The molecule has 0 rings (SSSR count). The van der Waals surface area contributed by atoms with Gasteiger partial charge in [0.2, 0.25) is 0 Å². The van der Waals surface area contributed by atoms with E-state index < -0.39 is 32.8 Å². The fraction of sp³-hybridized carbons (Fsp3) is 1.00. The maximum absolute atomic E-state index is 9.63. The second kappa shape index (κ2) is 10.0. The van der Waals surface area contributed by atoms with Crippen molar-refractivity contribution < 1.29 is 53.1 Å². The van der Waals surface area contributed by atoms with Crippen LogP contribution in [0.4, 0.5) is 0 Å². The van der Waals surface area contributed by atoms with Gasteiger partial charge in [0.05, 0.1) is 36.9 Å². The van der Waals surface area contributed by atoms with E-state index in [2.05, 4.69) is 4.31 Å². The molecular formula is C13H32O11P2. The van der Waals surface area contributed by atoms with E-state index in [0.29, 0.717) is 0 Å². The third-order valence-electron chi connectivity index (χ3n) is 2.97. The molecule has 0 aromatic carbocycles. The Kier molecular flexibility index (Phi) is 10.9. The molecule has 160 valence electrons. The van der Waals surface area contributed by atoms with Crippen molar-refractivity contribution in [3.8, 4) is 0 Å². The molecular weight excluding hydrogens is 394 g/mol. The van der Waals surface area contributed by atoms with Gasteiger partial charge in [0, 0.05) is 0 Å². The van der Waals surface area contributed by atoms with Crippen LogP contribution in [-0.4, -0.2) is 66.4 Å². The first kappa shape index (κ1) is 28.3. The highest BCUT2D eigenvalue weighted by Gasteiger charge is 2.46. The molecule has 0 aliphatic heterocycles. The van der Waals surface area contributed by atoms with Crippen molar-refractivity contribution in [3.63, 3.8) is 0 Å². The third-order valence-corrected chi connectivity index (χ3v) is 4.67. The van der Waals surface area contributed by atoms with Crippen molar-refractivity contribution in [2.75, 3.05) is 19.8 Å². The topological polar surface area (TPSA) is 194 Å². The van der Waals surface area contributed by atoms with E-state index in [1.807, 2.05) is 41.5 Å². The predicted molar refractivity (Wildman–Crippen MR) is 92.9 cm³/mol. The van der Waals surface area contributed by atoms with Crippen molar-refractivity contribution in [1.82, 2.24) is 0 Å². The van der Waals surface area contributed by atoms with Gasteiger partial charge < -0.3 is 39.6 Å². The van der Waals surface area contributed by atoms with Gasteiger partial charge in [-0.25, -0.2) is 9.13 Å². The van der Waals surface area contributed by atoms with Crippen LogP contribution in [0, 0.1) is 10.8 Å². The van der Waals surface area contributed by atoms with E-state index in [1.165, 1.54) is 0 Å². The molecule has 13 heteroatoms. The standard InChI is InChI=1S/C13H28O4.H4O7P2/c1-11(2,3)10(17-12(4,5)6)13(7-14,8-15)9-16;1-8(2,3)7-9(4,5)6/h10,14-16H,7-9H2,1-6H3;(H2,1,2,3)(H2,4,5,6). The first-order chi connectivity index (χ1) is 11.2. The number of ether oxygens (including phenoxy) is 1. The van der Waals surface area contributed by atoms with Crippen LogP contribution < -0.4 is 0 Å². The summed E-state index contributed by atoms with van der Waals surface area (Å²) in [5, 5.41) is 28.5. The second-order valence-corrected chi connectivity index (χ2v) is 10.5. The molecule has 26 heavy (non-hydrogen) atoms. The van der Waals surface area contributed by atoms with E-state index in [-0.39, 0.29) is 25.2 Å². The van der Waals surface area contributed by atoms with Crippen LogP contribution in [0.25, 0.3) is 0 Å². The van der Waals surface area contributed by atoms with E-state index in [4.69, 9.17) is 24.3 Å². The van der Waals surface area contributed by atoms with E-state index in [9.17, 15) is 24.4 Å². The fourth-order valence-electron chi connectivity index (χ4n) is 2.11. The molecule has 0 aromatic rings. The van der Waals surface area contributed by atoms with Gasteiger partial charge in [-0.15, -0.1) is 0 Å². The zero-order chi connectivity index (χ0) is 21.6. The Balaban J connectivity index is 0. The molecule has 0 saturated carbocycles. The average Bonchev–Trinajstić information content (AvgIpc) is 2.34. The lowest BCUT2D eigenvalue weighted by atomic mass is 9.71. The summed E-state index contributed by atoms with van der Waals surface area (Å²) in [5.41, 5.74) is -1.71. The summed E-state index contributed by atoms with van der Waals surface area (Å²) >= 11 is 0. The summed E-state index contributed by atoms with van der Waals surface area (Å²) in [7, 11) is -10.1. The van der Waals surface area contributed by atoms with Gasteiger partial charge in [0.25, 0.3) is 0 Å². The molecule has 0 amide bonds. The monoisotopic (exact) mass is 426 g/mol. The summed E-state index contributed by atoms with van der Waals surface area (Å²) in [6, 6.07) is 0. The van der Waals surface area contributed by atoms with Crippen molar-refractivity contribution in [1.29, 1.82) is 0 Å². The van der Waals surface area contributed by atoms with Crippen molar-refractivity contribution in [3.05, 3.63) is 0 Å². The zero-order valence-electron chi connectivity index (χ0n) is 15.9. The minimum Gasteiger partial charge on any atom is -0.396 e. The van der Waals surface area contributed by atoms with E-state index in [1.54, 1.807) is 0 Å². The number of aliphatic hydroxyl groups is 3. The maximum Gasteiger partial charge on any atom is 0.478 e. The van der Waals surface area contributed by atoms with Gasteiger partial charge in [-0.3, -0.25) is 0 Å². The SMILES string of the molecule is CC(C)(C)OC(C(C)(C)C)C(CO)(CO)CO.O=P(O)(O)OP(=O)(O)O. The zero-order valence-corrected chi connectivity index (χ0v) is 17.6. The number of rotatable bonds is 7. The summed E-state index contributed by atoms with van der Waals surface area (Å²) in [4.78, 5) is 31.0. The minimum absolute atomic E-state index is 0.290. The quantitative estimate of drug-likeness (QED) is 0.278. The Morgan fingerprint density at radius 2 is 1.08 bits per heavy atom. The molecule has 0 aliphatic rings. The van der Waals surface area contributed by atoms with Gasteiger partial charge in [-0.1, -0.05) is 20.8 Å². The van der Waals surface area contributed by atoms with Crippen molar-refractivity contribution in [2.24, 2.45) is 10.8 Å². The average molecular weight is 426 g/mol. The van der Waals surface area contributed by atoms with E-state index in [0.717, 1.165) is 0 Å². The molecule has 1 atom stereocenters. The smallest absolute Gasteiger partial charge is 0.396 e. The highest BCUT2D eigenvalue weighted by atomic mass is 31.3. The third kappa shape index (κ3) is 12.5. The van der Waals surface area contributed by atoms with Gasteiger partial charge in [-0.05, 0) is 26.2 Å². The molecule has 0 fully saturated rings. The Morgan fingerprint density at radius 3 is 1.19 bits per heavy atom. The first-order valence-corrected chi connectivity index (χ1v) is 10.6. The largest absolute Gasteiger partial charge is 0.478 e. The Bertz CT molecular complexity index is 465. The molecule has 7 N–H and O–H groups in total. The normalized spacial score (nSPS) is 15.3. The van der Waals surface area contributed by atoms with Crippen LogP contribution in [0.1, 0.15) is 41.5 Å². The Labute approximate surface area is 153 Å². The summed E-state index contributed by atoms with van der Waals surface area (Å²) < 4.78 is 28.2. The van der Waals surface area contributed by atoms with Gasteiger partial charge >= 0.3 is 15.6 Å². The van der Waals surface area contributed by atoms with Crippen LogP contribution in [-0.2, 0) is 18.2 Å². The molecule has 0 heterocycles. The van der Waals surface area contributed by atoms with E-state index >= 15 is 0 Å². The Morgan fingerprint density at radius 1 is 0.769 bits per heavy atom. The molecule has 11 nitrogen and oxygen atoms in total. The van der Waals surface area contributed by atoms with Crippen LogP contribution in [0.2, 0.25) is 0 Å². The van der Waals surface area contributed by atoms with Gasteiger partial charge in [0.15, 0.2) is 0 Å². The summed E-state index contributed by atoms with van der Waals surface area (Å²) in [6.45, 7) is 10.7. The van der Waals surface area contributed by atoms with Crippen LogP contribution in [0.5, 0.6) is 0 Å². The molecule has 0 spiro atoms.